The molecule has 1 aliphatic rings. The van der Waals surface area contributed by atoms with Gasteiger partial charge in [0.25, 0.3) is 0 Å². The molecule has 0 aliphatic carbocycles. The van der Waals surface area contributed by atoms with Gasteiger partial charge in [-0.05, 0) is 24.1 Å². The molecule has 0 aromatic heterocycles. The molecule has 1 aromatic carbocycles. The molecule has 132 valence electrons. The van der Waals surface area contributed by atoms with Gasteiger partial charge in [0.1, 0.15) is 5.82 Å². The van der Waals surface area contributed by atoms with Crippen LogP contribution in [-0.2, 0) is 9.59 Å². The lowest BCUT2D eigenvalue weighted by molar-refractivity contribution is -0.134. The van der Waals surface area contributed by atoms with E-state index in [1.54, 1.807) is 23.1 Å². The van der Waals surface area contributed by atoms with Gasteiger partial charge in [-0.15, -0.1) is 0 Å². The molecule has 1 heterocycles. The van der Waals surface area contributed by atoms with Crippen LogP contribution in [0, 0.1) is 5.82 Å². The Bertz CT molecular complexity index is 571. The van der Waals surface area contributed by atoms with E-state index in [0.29, 0.717) is 18.7 Å². The molecular weight excluding hydrogens is 309 g/mol. The van der Waals surface area contributed by atoms with Crippen molar-refractivity contribution in [2.24, 2.45) is 0 Å². The Hall–Kier alpha value is -1.95. The second-order valence-electron chi connectivity index (χ2n) is 6.22. The zero-order valence-electron chi connectivity index (χ0n) is 14.4. The molecule has 1 atom stereocenters. The fraction of sp³-hybridized carbons (Fsp3) is 0.556. The molecule has 6 heteroatoms. The summed E-state index contributed by atoms with van der Waals surface area (Å²) in [5.41, 5.74) is 0.523. The second-order valence-corrected chi connectivity index (χ2v) is 6.22. The molecular formula is C18H26FN3O2. The summed E-state index contributed by atoms with van der Waals surface area (Å²) in [7, 11) is 0. The van der Waals surface area contributed by atoms with Crippen molar-refractivity contribution in [1.29, 1.82) is 0 Å². The number of hydrogen-bond donors (Lipinski definition) is 1. The topological polar surface area (TPSA) is 52.6 Å². The predicted molar refractivity (Wildman–Crippen MR) is 91.1 cm³/mol. The van der Waals surface area contributed by atoms with Crippen LogP contribution < -0.4 is 5.32 Å². The summed E-state index contributed by atoms with van der Waals surface area (Å²) in [6.45, 7) is 8.07. The zero-order chi connectivity index (χ0) is 17.5. The highest BCUT2D eigenvalue weighted by Gasteiger charge is 2.21. The summed E-state index contributed by atoms with van der Waals surface area (Å²) in [5, 5.41) is 2.66. The van der Waals surface area contributed by atoms with Crippen LogP contribution in [0.15, 0.2) is 24.3 Å². The maximum Gasteiger partial charge on any atom is 0.242 e. The normalized spacial score (nSPS) is 16.7. The molecule has 24 heavy (non-hydrogen) atoms. The first kappa shape index (κ1) is 18.4. The van der Waals surface area contributed by atoms with Crippen molar-refractivity contribution in [3.63, 3.8) is 0 Å². The fourth-order valence-electron chi connectivity index (χ4n) is 2.93. The number of carbonyl (C=O) groups excluding carboxylic acids is 2. The largest absolute Gasteiger partial charge is 0.347 e. The molecule has 1 unspecified atom stereocenters. The van der Waals surface area contributed by atoms with E-state index in [-0.39, 0.29) is 36.5 Å². The van der Waals surface area contributed by atoms with E-state index < -0.39 is 0 Å². The van der Waals surface area contributed by atoms with Gasteiger partial charge in [-0.1, -0.05) is 32.0 Å². The van der Waals surface area contributed by atoms with E-state index in [9.17, 15) is 14.0 Å². The van der Waals surface area contributed by atoms with E-state index in [1.807, 2.05) is 6.92 Å². The van der Waals surface area contributed by atoms with E-state index >= 15 is 0 Å². The maximum absolute atomic E-state index is 13.7. The minimum Gasteiger partial charge on any atom is -0.347 e. The van der Waals surface area contributed by atoms with E-state index in [1.165, 1.54) is 6.07 Å². The Morgan fingerprint density at radius 2 is 1.88 bits per heavy atom. The van der Waals surface area contributed by atoms with Gasteiger partial charge in [0.05, 0.1) is 6.54 Å². The van der Waals surface area contributed by atoms with Crippen molar-refractivity contribution in [1.82, 2.24) is 15.1 Å². The molecule has 0 radical (unpaired) electrons. The van der Waals surface area contributed by atoms with Gasteiger partial charge in [-0.2, -0.15) is 0 Å². The minimum absolute atomic E-state index is 0.00888. The number of benzene rings is 1. The van der Waals surface area contributed by atoms with Crippen LogP contribution in [0.1, 0.15) is 31.7 Å². The van der Waals surface area contributed by atoms with Gasteiger partial charge in [0.15, 0.2) is 0 Å². The summed E-state index contributed by atoms with van der Waals surface area (Å²) >= 11 is 0. The van der Waals surface area contributed by atoms with Gasteiger partial charge >= 0.3 is 0 Å². The first-order chi connectivity index (χ1) is 11.5. The maximum atomic E-state index is 13.7. The van der Waals surface area contributed by atoms with Gasteiger partial charge in [0.2, 0.25) is 11.8 Å². The van der Waals surface area contributed by atoms with Crippen LogP contribution >= 0.6 is 0 Å². The lowest BCUT2D eigenvalue weighted by atomic mass is 9.97. The quantitative estimate of drug-likeness (QED) is 0.859. The molecule has 2 amide bonds. The molecule has 5 nitrogen and oxygen atoms in total. The van der Waals surface area contributed by atoms with Crippen LogP contribution in [0.3, 0.4) is 0 Å². The number of likely N-dealkylation sites (N-methyl/N-ethyl adjacent to an activating group) is 1. The van der Waals surface area contributed by atoms with Crippen molar-refractivity contribution in [3.8, 4) is 0 Å². The second kappa shape index (κ2) is 8.78. The summed E-state index contributed by atoms with van der Waals surface area (Å²) in [6.07, 6.45) is 0.165. The number of hydrogen-bond acceptors (Lipinski definition) is 3. The van der Waals surface area contributed by atoms with Gasteiger partial charge in [-0.3, -0.25) is 9.59 Å². The Morgan fingerprint density at radius 3 is 2.50 bits per heavy atom. The SMILES string of the molecule is CCN1CCN(C(=O)CNC(=O)CC(C)c2ccccc2F)CC1. The average molecular weight is 335 g/mol. The molecule has 0 spiro atoms. The van der Waals surface area contributed by atoms with Gasteiger partial charge < -0.3 is 15.1 Å². The summed E-state index contributed by atoms with van der Waals surface area (Å²) in [5.74, 6) is -0.819. The first-order valence-corrected chi connectivity index (χ1v) is 8.52. The molecule has 1 saturated heterocycles. The Morgan fingerprint density at radius 1 is 1.21 bits per heavy atom. The number of nitrogens with zero attached hydrogens (tertiary/aromatic N) is 2. The predicted octanol–water partition coefficient (Wildman–Crippen LogP) is 1.60. The Labute approximate surface area is 142 Å². The standard InChI is InChI=1S/C18H26FN3O2/c1-3-21-8-10-22(11-9-21)18(24)13-20-17(23)12-14(2)15-6-4-5-7-16(15)19/h4-7,14H,3,8-13H2,1-2H3,(H,20,23). The third-order valence-corrected chi connectivity index (χ3v) is 4.54. The lowest BCUT2D eigenvalue weighted by Gasteiger charge is -2.34. The minimum atomic E-state index is -0.303. The smallest absolute Gasteiger partial charge is 0.242 e. The van der Waals surface area contributed by atoms with E-state index in [0.717, 1.165) is 19.6 Å². The molecule has 1 aromatic rings. The summed E-state index contributed by atoms with van der Waals surface area (Å²) in [4.78, 5) is 28.2. The van der Waals surface area contributed by atoms with Crippen molar-refractivity contribution in [2.75, 3.05) is 39.3 Å². The highest BCUT2D eigenvalue weighted by atomic mass is 19.1. The molecule has 1 N–H and O–H groups in total. The monoisotopic (exact) mass is 335 g/mol. The number of amides is 2. The highest BCUT2D eigenvalue weighted by Crippen LogP contribution is 2.21. The van der Waals surface area contributed by atoms with Crippen LogP contribution in [0.25, 0.3) is 0 Å². The number of piperazine rings is 1. The van der Waals surface area contributed by atoms with Crippen LogP contribution in [0.4, 0.5) is 4.39 Å². The average Bonchev–Trinajstić information content (AvgIpc) is 2.60. The number of halogens is 1. The number of carbonyl (C=O) groups is 2. The number of rotatable bonds is 6. The number of nitrogens with one attached hydrogen (secondary N) is 1. The van der Waals surface area contributed by atoms with E-state index in [4.69, 9.17) is 0 Å². The van der Waals surface area contributed by atoms with Crippen LogP contribution in [0.5, 0.6) is 0 Å². The van der Waals surface area contributed by atoms with Crippen molar-refractivity contribution in [3.05, 3.63) is 35.6 Å². The third-order valence-electron chi connectivity index (χ3n) is 4.54. The van der Waals surface area contributed by atoms with E-state index in [2.05, 4.69) is 17.1 Å². The summed E-state index contributed by atoms with van der Waals surface area (Å²) in [6, 6.07) is 6.46. The van der Waals surface area contributed by atoms with Crippen molar-refractivity contribution < 1.29 is 14.0 Å². The Kier molecular flexibility index (Phi) is 6.73. The Balaban J connectivity index is 1.75. The third kappa shape index (κ3) is 5.03. The van der Waals surface area contributed by atoms with Crippen LogP contribution in [-0.4, -0.2) is 60.9 Å². The lowest BCUT2D eigenvalue weighted by Crippen LogP contribution is -2.51. The zero-order valence-corrected chi connectivity index (χ0v) is 14.4. The first-order valence-electron chi connectivity index (χ1n) is 8.52. The molecule has 0 bridgehead atoms. The molecule has 0 saturated carbocycles. The highest BCUT2D eigenvalue weighted by molar-refractivity contribution is 5.85. The molecule has 1 aliphatic heterocycles. The van der Waals surface area contributed by atoms with Gasteiger partial charge in [0, 0.05) is 32.6 Å². The van der Waals surface area contributed by atoms with Gasteiger partial charge in [-0.25, -0.2) is 4.39 Å². The summed E-state index contributed by atoms with van der Waals surface area (Å²) < 4.78 is 13.7. The molecule has 2 rings (SSSR count). The molecule has 1 fully saturated rings. The fourth-order valence-corrected chi connectivity index (χ4v) is 2.93. The van der Waals surface area contributed by atoms with Crippen molar-refractivity contribution in [2.45, 2.75) is 26.2 Å². The van der Waals surface area contributed by atoms with Crippen LogP contribution in [0.2, 0.25) is 0 Å². The van der Waals surface area contributed by atoms with Crippen molar-refractivity contribution >= 4 is 11.8 Å².